The zero-order valence-corrected chi connectivity index (χ0v) is 19.3. The predicted octanol–water partition coefficient (Wildman–Crippen LogP) is 4.79. The molecule has 3 aromatic rings. The molecule has 0 unspecified atom stereocenters. The molecule has 4 rings (SSSR count). The second kappa shape index (κ2) is 10.0. The zero-order valence-electron chi connectivity index (χ0n) is 19.3. The van der Waals surface area contributed by atoms with Crippen LogP contribution in [0, 0.1) is 0 Å². The third-order valence-corrected chi connectivity index (χ3v) is 6.16. The van der Waals surface area contributed by atoms with Crippen LogP contribution >= 0.6 is 0 Å². The van der Waals surface area contributed by atoms with Crippen molar-refractivity contribution in [1.82, 2.24) is 4.90 Å². The van der Waals surface area contributed by atoms with Crippen LogP contribution in [0.3, 0.4) is 0 Å². The second-order valence-electron chi connectivity index (χ2n) is 8.02. The number of para-hydroxylation sites is 1. The van der Waals surface area contributed by atoms with Gasteiger partial charge in [-0.1, -0.05) is 32.0 Å². The first kappa shape index (κ1) is 22.8. The number of allylic oxidation sites excluding steroid dienone is 1. The summed E-state index contributed by atoms with van der Waals surface area (Å²) >= 11 is 0. The van der Waals surface area contributed by atoms with E-state index in [0.29, 0.717) is 53.8 Å². The first-order valence-corrected chi connectivity index (χ1v) is 11.4. The Hall–Kier alpha value is -3.38. The van der Waals surface area contributed by atoms with Gasteiger partial charge in [0.15, 0.2) is 5.43 Å². The number of hydrogen-bond acceptors (Lipinski definition) is 6. The molecule has 6 nitrogen and oxygen atoms in total. The molecule has 0 saturated heterocycles. The van der Waals surface area contributed by atoms with E-state index in [1.807, 2.05) is 30.3 Å². The van der Waals surface area contributed by atoms with Crippen LogP contribution in [-0.2, 0) is 11.2 Å². The van der Waals surface area contributed by atoms with E-state index in [1.165, 1.54) is 0 Å². The van der Waals surface area contributed by atoms with Gasteiger partial charge in [-0.05, 0) is 61.8 Å². The monoisotopic (exact) mass is 447 g/mol. The highest BCUT2D eigenvalue weighted by Crippen LogP contribution is 2.35. The molecule has 33 heavy (non-hydrogen) atoms. The van der Waals surface area contributed by atoms with Crippen molar-refractivity contribution in [2.45, 2.75) is 26.7 Å². The summed E-state index contributed by atoms with van der Waals surface area (Å²) in [5.74, 6) is 0.958. The van der Waals surface area contributed by atoms with Gasteiger partial charge < -0.3 is 18.8 Å². The number of carbonyl (C=O) groups excluding carboxylic acids is 1. The van der Waals surface area contributed by atoms with Gasteiger partial charge in [0.25, 0.3) is 0 Å². The second-order valence-corrected chi connectivity index (χ2v) is 8.02. The molecule has 0 radical (unpaired) electrons. The van der Waals surface area contributed by atoms with Gasteiger partial charge in [0.1, 0.15) is 23.7 Å². The third-order valence-electron chi connectivity index (χ3n) is 6.16. The van der Waals surface area contributed by atoms with E-state index in [0.717, 1.165) is 30.0 Å². The van der Waals surface area contributed by atoms with Gasteiger partial charge >= 0.3 is 5.97 Å². The van der Waals surface area contributed by atoms with E-state index in [4.69, 9.17) is 13.9 Å². The highest BCUT2D eigenvalue weighted by atomic mass is 16.5. The maximum atomic E-state index is 13.2. The van der Waals surface area contributed by atoms with Crippen LogP contribution in [0.15, 0.2) is 51.7 Å². The Kier molecular flexibility index (Phi) is 6.94. The number of esters is 1. The number of ether oxygens (including phenoxy) is 2. The van der Waals surface area contributed by atoms with E-state index in [1.54, 1.807) is 25.3 Å². The Bertz CT molecular complexity index is 1250. The van der Waals surface area contributed by atoms with Crippen LogP contribution in [0.1, 0.15) is 47.5 Å². The summed E-state index contributed by atoms with van der Waals surface area (Å²) in [6.45, 7) is 6.96. The van der Waals surface area contributed by atoms with Crippen molar-refractivity contribution in [2.75, 3.05) is 33.4 Å². The van der Waals surface area contributed by atoms with Gasteiger partial charge in [-0.2, -0.15) is 0 Å². The standard InChI is InChI=1S/C27H29NO5/c1-4-28(5-2)14-15-32-27(30)20-11-13-24-22(17-20)25(29)21-12-10-19(26(21)33-24)16-18-8-6-7-9-23(18)31-3/h6-9,11,13,16-17H,4-5,10,12,14-15H2,1-3H3. The maximum absolute atomic E-state index is 13.2. The quantitative estimate of drug-likeness (QED) is 0.463. The first-order chi connectivity index (χ1) is 16.0. The number of benzene rings is 2. The summed E-state index contributed by atoms with van der Waals surface area (Å²) in [6, 6.07) is 12.7. The molecular weight excluding hydrogens is 418 g/mol. The van der Waals surface area contributed by atoms with Crippen molar-refractivity contribution in [3.8, 4) is 5.75 Å². The normalized spacial score (nSPS) is 14.1. The number of carbonyl (C=O) groups is 1. The molecule has 0 N–H and O–H groups in total. The number of hydrogen-bond donors (Lipinski definition) is 0. The molecule has 1 aliphatic carbocycles. The summed E-state index contributed by atoms with van der Waals surface area (Å²) in [4.78, 5) is 27.9. The van der Waals surface area contributed by atoms with Gasteiger partial charge in [-0.25, -0.2) is 4.79 Å². The minimum atomic E-state index is -0.430. The number of nitrogens with zero attached hydrogens (tertiary/aromatic N) is 1. The first-order valence-electron chi connectivity index (χ1n) is 11.4. The Morgan fingerprint density at radius 2 is 1.91 bits per heavy atom. The Balaban J connectivity index is 1.61. The van der Waals surface area contributed by atoms with Crippen LogP contribution < -0.4 is 10.2 Å². The smallest absolute Gasteiger partial charge is 0.338 e. The van der Waals surface area contributed by atoms with Gasteiger partial charge in [0.05, 0.1) is 18.1 Å². The van der Waals surface area contributed by atoms with Crippen LogP contribution in [0.5, 0.6) is 5.75 Å². The van der Waals surface area contributed by atoms with E-state index in [-0.39, 0.29) is 5.43 Å². The third kappa shape index (κ3) is 4.71. The zero-order chi connectivity index (χ0) is 23.4. The average Bonchev–Trinajstić information content (AvgIpc) is 3.24. The fraction of sp³-hybridized carbons (Fsp3) is 0.333. The molecule has 0 spiro atoms. The lowest BCUT2D eigenvalue weighted by Gasteiger charge is -2.17. The summed E-state index contributed by atoms with van der Waals surface area (Å²) < 4.78 is 17.0. The number of fused-ring (bicyclic) bond motifs is 2. The fourth-order valence-corrected chi connectivity index (χ4v) is 4.22. The number of methoxy groups -OCH3 is 1. The molecule has 0 aliphatic heterocycles. The molecule has 0 atom stereocenters. The summed E-state index contributed by atoms with van der Waals surface area (Å²) in [5, 5.41) is 0.408. The molecule has 172 valence electrons. The van der Waals surface area contributed by atoms with Crippen molar-refractivity contribution in [2.24, 2.45) is 0 Å². The minimum absolute atomic E-state index is 0.0903. The average molecular weight is 448 g/mol. The molecule has 1 heterocycles. The maximum Gasteiger partial charge on any atom is 0.338 e. The molecule has 0 amide bonds. The largest absolute Gasteiger partial charge is 0.496 e. The molecule has 0 saturated carbocycles. The summed E-state index contributed by atoms with van der Waals surface area (Å²) in [6.07, 6.45) is 3.33. The highest BCUT2D eigenvalue weighted by molar-refractivity contribution is 5.95. The van der Waals surface area contributed by atoms with E-state index in [2.05, 4.69) is 18.7 Å². The fourth-order valence-electron chi connectivity index (χ4n) is 4.22. The number of rotatable bonds is 8. The van der Waals surface area contributed by atoms with Gasteiger partial charge in [0.2, 0.25) is 0 Å². The Morgan fingerprint density at radius 1 is 1.12 bits per heavy atom. The van der Waals surface area contributed by atoms with Crippen molar-refractivity contribution < 1.29 is 18.7 Å². The van der Waals surface area contributed by atoms with Crippen LogP contribution in [0.2, 0.25) is 0 Å². The minimum Gasteiger partial charge on any atom is -0.496 e. The van der Waals surface area contributed by atoms with Crippen molar-refractivity contribution in [1.29, 1.82) is 0 Å². The molecule has 2 aromatic carbocycles. The van der Waals surface area contributed by atoms with Crippen LogP contribution in [0.4, 0.5) is 0 Å². The molecule has 1 aromatic heterocycles. The topological polar surface area (TPSA) is 69.0 Å². The van der Waals surface area contributed by atoms with Crippen LogP contribution in [0.25, 0.3) is 22.6 Å². The van der Waals surface area contributed by atoms with Crippen LogP contribution in [-0.4, -0.2) is 44.2 Å². The highest BCUT2D eigenvalue weighted by Gasteiger charge is 2.25. The van der Waals surface area contributed by atoms with Gasteiger partial charge in [-0.3, -0.25) is 4.79 Å². The Labute approximate surface area is 193 Å². The molecule has 0 fully saturated rings. The van der Waals surface area contributed by atoms with Crippen molar-refractivity contribution >= 4 is 28.6 Å². The Morgan fingerprint density at radius 3 is 2.67 bits per heavy atom. The van der Waals surface area contributed by atoms with E-state index >= 15 is 0 Å². The molecular formula is C27H29NO5. The lowest BCUT2D eigenvalue weighted by Crippen LogP contribution is -2.27. The SMILES string of the molecule is CCN(CC)CCOC(=O)c1ccc2oc3c(c(=O)c2c1)CCC3=Cc1ccccc1OC. The molecule has 6 heteroatoms. The van der Waals surface area contributed by atoms with Crippen molar-refractivity contribution in [3.63, 3.8) is 0 Å². The van der Waals surface area contributed by atoms with E-state index in [9.17, 15) is 9.59 Å². The predicted molar refractivity (Wildman–Crippen MR) is 130 cm³/mol. The number of likely N-dealkylation sites (N-methyl/N-ethyl adjacent to an activating group) is 1. The molecule has 0 bridgehead atoms. The molecule has 1 aliphatic rings. The summed E-state index contributed by atoms with van der Waals surface area (Å²) in [7, 11) is 1.64. The van der Waals surface area contributed by atoms with E-state index < -0.39 is 5.97 Å². The van der Waals surface area contributed by atoms with Gasteiger partial charge in [0, 0.05) is 17.7 Å². The lowest BCUT2D eigenvalue weighted by atomic mass is 10.1. The lowest BCUT2D eigenvalue weighted by molar-refractivity contribution is 0.0466. The van der Waals surface area contributed by atoms with Crippen molar-refractivity contribution in [3.05, 3.63) is 75.1 Å². The van der Waals surface area contributed by atoms with Gasteiger partial charge in [-0.15, -0.1) is 0 Å². The summed E-state index contributed by atoms with van der Waals surface area (Å²) in [5.41, 5.74) is 3.29.